The Balaban J connectivity index is 1.73. The monoisotopic (exact) mass is 206 g/mol. The average molecular weight is 206 g/mol. The van der Waals surface area contributed by atoms with E-state index in [2.05, 4.69) is 5.10 Å². The number of Topliss-reactive ketones (excluding diaryl/α,β-unsaturated/α-hetero) is 1. The molecule has 0 aliphatic heterocycles. The number of aryl methyl sites for hydroxylation is 2. The highest BCUT2D eigenvalue weighted by Crippen LogP contribution is 2.29. The number of rotatable bonds is 5. The molecule has 15 heavy (non-hydrogen) atoms. The third-order valence-corrected chi connectivity index (χ3v) is 3.32. The van der Waals surface area contributed by atoms with Gasteiger partial charge in [0.05, 0.1) is 0 Å². The summed E-state index contributed by atoms with van der Waals surface area (Å²) in [7, 11) is 1.92. The van der Waals surface area contributed by atoms with E-state index in [1.165, 1.54) is 19.3 Å². The van der Waals surface area contributed by atoms with Gasteiger partial charge in [-0.2, -0.15) is 5.10 Å². The van der Waals surface area contributed by atoms with Crippen molar-refractivity contribution in [3.05, 3.63) is 18.0 Å². The smallest absolute Gasteiger partial charge is 0.133 e. The van der Waals surface area contributed by atoms with Gasteiger partial charge in [-0.1, -0.05) is 19.3 Å². The van der Waals surface area contributed by atoms with Gasteiger partial charge < -0.3 is 0 Å². The van der Waals surface area contributed by atoms with Gasteiger partial charge in [0.2, 0.25) is 0 Å². The van der Waals surface area contributed by atoms with Crippen LogP contribution < -0.4 is 0 Å². The van der Waals surface area contributed by atoms with Gasteiger partial charge in [0.1, 0.15) is 5.78 Å². The lowest BCUT2D eigenvalue weighted by Gasteiger charge is -2.24. The summed E-state index contributed by atoms with van der Waals surface area (Å²) in [6.45, 7) is 0. The number of hydrogen-bond acceptors (Lipinski definition) is 2. The fourth-order valence-electron chi connectivity index (χ4n) is 2.03. The Morgan fingerprint density at radius 3 is 2.93 bits per heavy atom. The molecule has 0 unspecified atom stereocenters. The highest BCUT2D eigenvalue weighted by Gasteiger charge is 2.20. The fourth-order valence-corrected chi connectivity index (χ4v) is 2.03. The highest BCUT2D eigenvalue weighted by molar-refractivity contribution is 5.78. The van der Waals surface area contributed by atoms with E-state index in [-0.39, 0.29) is 0 Å². The summed E-state index contributed by atoms with van der Waals surface area (Å²) >= 11 is 0. The zero-order valence-electron chi connectivity index (χ0n) is 9.28. The number of carbonyl (C=O) groups excluding carboxylic acids is 1. The van der Waals surface area contributed by atoms with Crippen molar-refractivity contribution < 1.29 is 4.79 Å². The molecule has 0 amide bonds. The van der Waals surface area contributed by atoms with E-state index >= 15 is 0 Å². The molecule has 0 saturated heterocycles. The zero-order valence-corrected chi connectivity index (χ0v) is 9.28. The minimum Gasteiger partial charge on any atom is -0.300 e. The number of carbonyl (C=O) groups is 1. The summed E-state index contributed by atoms with van der Waals surface area (Å²) in [5.74, 6) is 1.12. The van der Waals surface area contributed by atoms with E-state index in [1.54, 1.807) is 6.20 Å². The molecule has 0 spiro atoms. The second kappa shape index (κ2) is 4.60. The Hall–Kier alpha value is -1.12. The predicted octanol–water partition coefficient (Wildman–Crippen LogP) is 2.11. The Labute approximate surface area is 90.5 Å². The Bertz CT molecular complexity index is 339. The Kier molecular flexibility index (Phi) is 3.19. The maximum Gasteiger partial charge on any atom is 0.133 e. The molecule has 3 nitrogen and oxygen atoms in total. The summed E-state index contributed by atoms with van der Waals surface area (Å²) in [5, 5.41) is 4.09. The number of nitrogens with zero attached hydrogens (tertiary/aromatic N) is 2. The van der Waals surface area contributed by atoms with Crippen LogP contribution in [0.25, 0.3) is 0 Å². The van der Waals surface area contributed by atoms with E-state index < -0.39 is 0 Å². The van der Waals surface area contributed by atoms with Gasteiger partial charge in [-0.05, 0) is 18.4 Å². The van der Waals surface area contributed by atoms with E-state index in [0.29, 0.717) is 18.1 Å². The third kappa shape index (κ3) is 2.67. The molecule has 0 bridgehead atoms. The van der Waals surface area contributed by atoms with Crippen molar-refractivity contribution in [3.63, 3.8) is 0 Å². The van der Waals surface area contributed by atoms with Crippen molar-refractivity contribution in [2.45, 2.75) is 38.5 Å². The fraction of sp³-hybridized carbons (Fsp3) is 0.667. The molecule has 3 heteroatoms. The standard InChI is InChI=1S/C12H18N2O/c1-14-11(7-8-13-14)5-6-12(15)9-10-3-2-4-10/h7-8,10H,2-6,9H2,1H3. The van der Waals surface area contributed by atoms with Gasteiger partial charge in [-0.25, -0.2) is 0 Å². The first-order chi connectivity index (χ1) is 7.25. The van der Waals surface area contributed by atoms with Crippen LogP contribution in [0.2, 0.25) is 0 Å². The van der Waals surface area contributed by atoms with Crippen LogP contribution in [-0.2, 0) is 18.3 Å². The Morgan fingerprint density at radius 1 is 1.60 bits per heavy atom. The molecule has 1 aromatic rings. The first-order valence-electron chi connectivity index (χ1n) is 5.74. The molecule has 1 aliphatic rings. The maximum atomic E-state index is 11.6. The van der Waals surface area contributed by atoms with Crippen LogP contribution in [-0.4, -0.2) is 15.6 Å². The molecule has 1 aliphatic carbocycles. The lowest BCUT2D eigenvalue weighted by molar-refractivity contribution is -0.120. The van der Waals surface area contributed by atoms with E-state index in [4.69, 9.17) is 0 Å². The summed E-state index contributed by atoms with van der Waals surface area (Å²) < 4.78 is 1.84. The summed E-state index contributed by atoms with van der Waals surface area (Å²) in [6, 6.07) is 1.98. The van der Waals surface area contributed by atoms with E-state index in [0.717, 1.165) is 18.5 Å². The van der Waals surface area contributed by atoms with Crippen LogP contribution in [0.3, 0.4) is 0 Å². The largest absolute Gasteiger partial charge is 0.300 e. The van der Waals surface area contributed by atoms with Gasteiger partial charge in [0.15, 0.2) is 0 Å². The summed E-state index contributed by atoms with van der Waals surface area (Å²) in [6.07, 6.45) is 7.94. The van der Waals surface area contributed by atoms with Crippen molar-refractivity contribution in [1.29, 1.82) is 0 Å². The molecule has 1 heterocycles. The molecule has 82 valence electrons. The molecule has 0 N–H and O–H groups in total. The van der Waals surface area contributed by atoms with Crippen LogP contribution in [0.15, 0.2) is 12.3 Å². The topological polar surface area (TPSA) is 34.9 Å². The summed E-state index contributed by atoms with van der Waals surface area (Å²) in [4.78, 5) is 11.6. The second-order valence-corrected chi connectivity index (χ2v) is 4.49. The Morgan fingerprint density at radius 2 is 2.40 bits per heavy atom. The van der Waals surface area contributed by atoms with Gasteiger partial charge in [0.25, 0.3) is 0 Å². The zero-order chi connectivity index (χ0) is 10.7. The highest BCUT2D eigenvalue weighted by atomic mass is 16.1. The van der Waals surface area contributed by atoms with E-state index in [1.807, 2.05) is 17.8 Å². The molecule has 0 aromatic carbocycles. The van der Waals surface area contributed by atoms with Gasteiger partial charge in [-0.3, -0.25) is 9.48 Å². The quantitative estimate of drug-likeness (QED) is 0.739. The first-order valence-corrected chi connectivity index (χ1v) is 5.74. The molecular formula is C12H18N2O. The number of aromatic nitrogens is 2. The SMILES string of the molecule is Cn1nccc1CCC(=O)CC1CCC1. The van der Waals surface area contributed by atoms with Crippen molar-refractivity contribution >= 4 is 5.78 Å². The van der Waals surface area contributed by atoms with Crippen LogP contribution in [0.1, 0.15) is 37.8 Å². The molecule has 2 rings (SSSR count). The van der Waals surface area contributed by atoms with Crippen LogP contribution >= 0.6 is 0 Å². The molecule has 1 aromatic heterocycles. The predicted molar refractivity (Wildman–Crippen MR) is 58.5 cm³/mol. The van der Waals surface area contributed by atoms with Crippen molar-refractivity contribution in [2.24, 2.45) is 13.0 Å². The minimum atomic E-state index is 0.418. The normalized spacial score (nSPS) is 16.3. The molecule has 1 saturated carbocycles. The van der Waals surface area contributed by atoms with Crippen LogP contribution in [0.5, 0.6) is 0 Å². The lowest BCUT2D eigenvalue weighted by atomic mass is 9.81. The maximum absolute atomic E-state index is 11.6. The average Bonchev–Trinajstić information content (AvgIpc) is 2.55. The number of ketones is 1. The van der Waals surface area contributed by atoms with Crippen LogP contribution in [0, 0.1) is 5.92 Å². The van der Waals surface area contributed by atoms with E-state index in [9.17, 15) is 4.79 Å². The van der Waals surface area contributed by atoms with Crippen molar-refractivity contribution in [2.75, 3.05) is 0 Å². The minimum absolute atomic E-state index is 0.418. The lowest BCUT2D eigenvalue weighted by Crippen LogP contribution is -2.16. The second-order valence-electron chi connectivity index (χ2n) is 4.49. The molecule has 0 atom stereocenters. The van der Waals surface area contributed by atoms with Gasteiger partial charge >= 0.3 is 0 Å². The van der Waals surface area contributed by atoms with Gasteiger partial charge in [-0.15, -0.1) is 0 Å². The number of hydrogen-bond donors (Lipinski definition) is 0. The molecular weight excluding hydrogens is 188 g/mol. The van der Waals surface area contributed by atoms with Crippen LogP contribution in [0.4, 0.5) is 0 Å². The van der Waals surface area contributed by atoms with Crippen molar-refractivity contribution in [1.82, 2.24) is 9.78 Å². The van der Waals surface area contributed by atoms with Crippen molar-refractivity contribution in [3.8, 4) is 0 Å². The summed E-state index contributed by atoms with van der Waals surface area (Å²) in [5.41, 5.74) is 1.15. The van der Waals surface area contributed by atoms with Gasteiger partial charge in [0, 0.05) is 31.8 Å². The first kappa shape index (κ1) is 10.4. The molecule has 1 fully saturated rings. The molecule has 0 radical (unpaired) electrons. The third-order valence-electron chi connectivity index (χ3n) is 3.32.